The molecule has 4 heteroatoms. The Morgan fingerprint density at radius 1 is 1.21 bits per heavy atom. The lowest BCUT2D eigenvalue weighted by Gasteiger charge is -2.22. The summed E-state index contributed by atoms with van der Waals surface area (Å²) >= 11 is 9.02. The van der Waals surface area contributed by atoms with Crippen LogP contribution in [0.5, 0.6) is 0 Å². The molecule has 1 aromatic heterocycles. The molecular formula is C15H15Br2NS. The maximum Gasteiger partial charge on any atom is 0.0758 e. The second-order valence-electron chi connectivity index (χ2n) is 4.98. The van der Waals surface area contributed by atoms with Crippen LogP contribution in [-0.4, -0.2) is 7.05 Å². The highest BCUT2D eigenvalue weighted by Gasteiger charge is 2.30. The van der Waals surface area contributed by atoms with Crippen molar-refractivity contribution in [1.82, 2.24) is 5.32 Å². The summed E-state index contributed by atoms with van der Waals surface area (Å²) in [6, 6.07) is 11.5. The number of nitrogens with one attached hydrogen (secondary N) is 1. The van der Waals surface area contributed by atoms with E-state index in [-0.39, 0.29) is 0 Å². The van der Waals surface area contributed by atoms with Crippen LogP contribution in [0.1, 0.15) is 22.7 Å². The van der Waals surface area contributed by atoms with E-state index in [1.165, 1.54) is 37.1 Å². The van der Waals surface area contributed by atoms with Crippen molar-refractivity contribution in [2.75, 3.05) is 7.05 Å². The Morgan fingerprint density at radius 2 is 1.84 bits per heavy atom. The fourth-order valence-corrected chi connectivity index (χ4v) is 5.97. The standard InChI is InChI=1S/C15H15Br2NS/c1-18-14(12-8-13(16)19-15(12)17)11-6-9-4-2-3-5-10(9)7-11/h2-5,8,11,14,18H,6-7H2,1H3. The summed E-state index contributed by atoms with van der Waals surface area (Å²) in [5.74, 6) is 0.639. The Kier molecular flexibility index (Phi) is 4.13. The first-order valence-corrected chi connectivity index (χ1v) is 8.78. The van der Waals surface area contributed by atoms with Crippen LogP contribution in [0.3, 0.4) is 0 Å². The molecule has 19 heavy (non-hydrogen) atoms. The van der Waals surface area contributed by atoms with Gasteiger partial charge in [0, 0.05) is 6.04 Å². The molecule has 2 aromatic rings. The lowest BCUT2D eigenvalue weighted by Crippen LogP contribution is -2.25. The van der Waals surface area contributed by atoms with Gasteiger partial charge in [-0.05, 0) is 80.4 Å². The molecule has 0 radical (unpaired) electrons. The minimum absolute atomic E-state index is 0.407. The predicted octanol–water partition coefficient (Wildman–Crippen LogP) is 4.95. The summed E-state index contributed by atoms with van der Waals surface area (Å²) in [6.45, 7) is 0. The number of benzene rings is 1. The predicted molar refractivity (Wildman–Crippen MR) is 88.9 cm³/mol. The largest absolute Gasteiger partial charge is 0.313 e. The van der Waals surface area contributed by atoms with E-state index in [0.717, 1.165) is 0 Å². The minimum atomic E-state index is 0.407. The smallest absolute Gasteiger partial charge is 0.0758 e. The molecule has 0 aliphatic heterocycles. The van der Waals surface area contributed by atoms with Crippen LogP contribution in [0, 0.1) is 5.92 Å². The molecule has 0 fully saturated rings. The first kappa shape index (κ1) is 13.8. The van der Waals surface area contributed by atoms with Gasteiger partial charge >= 0.3 is 0 Å². The van der Waals surface area contributed by atoms with Crippen molar-refractivity contribution in [3.8, 4) is 0 Å². The van der Waals surface area contributed by atoms with E-state index in [4.69, 9.17) is 0 Å². The first-order valence-electron chi connectivity index (χ1n) is 6.38. The van der Waals surface area contributed by atoms with Gasteiger partial charge < -0.3 is 5.32 Å². The molecule has 1 aliphatic rings. The first-order chi connectivity index (χ1) is 9.19. The summed E-state index contributed by atoms with van der Waals surface area (Å²) in [6.07, 6.45) is 2.34. The molecule has 100 valence electrons. The third kappa shape index (κ3) is 2.68. The topological polar surface area (TPSA) is 12.0 Å². The van der Waals surface area contributed by atoms with Gasteiger partial charge in [0.1, 0.15) is 0 Å². The second kappa shape index (κ2) is 5.68. The molecule has 0 saturated heterocycles. The van der Waals surface area contributed by atoms with Crippen LogP contribution >= 0.6 is 43.2 Å². The lowest BCUT2D eigenvalue weighted by molar-refractivity contribution is 0.397. The number of hydrogen-bond donors (Lipinski definition) is 1. The van der Waals surface area contributed by atoms with Crippen molar-refractivity contribution in [2.24, 2.45) is 5.92 Å². The molecule has 1 aliphatic carbocycles. The molecule has 1 unspecified atom stereocenters. The number of rotatable bonds is 3. The van der Waals surface area contributed by atoms with Gasteiger partial charge in [0.05, 0.1) is 7.57 Å². The highest BCUT2D eigenvalue weighted by atomic mass is 79.9. The molecule has 1 heterocycles. The summed E-state index contributed by atoms with van der Waals surface area (Å²) in [5, 5.41) is 3.51. The fraction of sp³-hybridized carbons (Fsp3) is 0.333. The fourth-order valence-electron chi connectivity index (χ4n) is 3.04. The summed E-state index contributed by atoms with van der Waals surface area (Å²) in [4.78, 5) is 0. The zero-order valence-electron chi connectivity index (χ0n) is 10.6. The normalized spacial score (nSPS) is 16.6. The maximum absolute atomic E-state index is 3.69. The molecule has 0 spiro atoms. The zero-order valence-corrected chi connectivity index (χ0v) is 14.6. The third-order valence-corrected chi connectivity index (χ3v) is 6.27. The Labute approximate surface area is 134 Å². The summed E-state index contributed by atoms with van der Waals surface area (Å²) in [5.41, 5.74) is 4.40. The SMILES string of the molecule is CNC(c1cc(Br)sc1Br)C1Cc2ccccc2C1. The van der Waals surface area contributed by atoms with Gasteiger partial charge in [0.15, 0.2) is 0 Å². The van der Waals surface area contributed by atoms with Gasteiger partial charge in [-0.1, -0.05) is 24.3 Å². The molecular weight excluding hydrogens is 386 g/mol. The van der Waals surface area contributed by atoms with Crippen LogP contribution in [0.4, 0.5) is 0 Å². The van der Waals surface area contributed by atoms with Crippen molar-refractivity contribution in [3.05, 3.63) is 54.6 Å². The van der Waals surface area contributed by atoms with E-state index in [9.17, 15) is 0 Å². The number of thiophene rings is 1. The molecule has 0 saturated carbocycles. The van der Waals surface area contributed by atoms with E-state index in [1.54, 1.807) is 11.3 Å². The van der Waals surface area contributed by atoms with Crippen molar-refractivity contribution < 1.29 is 0 Å². The Bertz CT molecular complexity index is 569. The van der Waals surface area contributed by atoms with Gasteiger partial charge in [0.25, 0.3) is 0 Å². The second-order valence-corrected chi connectivity index (χ2v) is 8.73. The van der Waals surface area contributed by atoms with E-state index in [0.29, 0.717) is 12.0 Å². The average Bonchev–Trinajstić information content (AvgIpc) is 2.94. The van der Waals surface area contributed by atoms with Crippen LogP contribution < -0.4 is 5.32 Å². The molecule has 1 atom stereocenters. The quantitative estimate of drug-likeness (QED) is 0.768. The van der Waals surface area contributed by atoms with Crippen LogP contribution in [0.15, 0.2) is 37.9 Å². The molecule has 1 aromatic carbocycles. The minimum Gasteiger partial charge on any atom is -0.313 e. The van der Waals surface area contributed by atoms with E-state index < -0.39 is 0 Å². The zero-order chi connectivity index (χ0) is 13.4. The summed E-state index contributed by atoms with van der Waals surface area (Å²) < 4.78 is 2.42. The third-order valence-electron chi connectivity index (χ3n) is 3.88. The molecule has 3 rings (SSSR count). The van der Waals surface area contributed by atoms with Crippen LogP contribution in [0.25, 0.3) is 0 Å². The Morgan fingerprint density at radius 3 is 2.32 bits per heavy atom. The maximum atomic E-state index is 3.69. The number of halogens is 2. The van der Waals surface area contributed by atoms with Gasteiger partial charge in [-0.25, -0.2) is 0 Å². The monoisotopic (exact) mass is 399 g/mol. The van der Waals surface area contributed by atoms with E-state index in [1.807, 2.05) is 0 Å². The van der Waals surface area contributed by atoms with Gasteiger partial charge in [-0.3, -0.25) is 0 Å². The number of hydrogen-bond acceptors (Lipinski definition) is 2. The van der Waals surface area contributed by atoms with E-state index in [2.05, 4.69) is 74.6 Å². The molecule has 0 amide bonds. The molecule has 1 N–H and O–H groups in total. The van der Waals surface area contributed by atoms with Crippen molar-refractivity contribution >= 4 is 43.2 Å². The van der Waals surface area contributed by atoms with Crippen molar-refractivity contribution in [2.45, 2.75) is 18.9 Å². The number of fused-ring (bicyclic) bond motifs is 1. The highest BCUT2D eigenvalue weighted by molar-refractivity contribution is 9.12. The van der Waals surface area contributed by atoms with Gasteiger partial charge in [-0.2, -0.15) is 0 Å². The van der Waals surface area contributed by atoms with Gasteiger partial charge in [0.2, 0.25) is 0 Å². The van der Waals surface area contributed by atoms with Gasteiger partial charge in [-0.15, -0.1) is 11.3 Å². The van der Waals surface area contributed by atoms with Crippen molar-refractivity contribution in [1.29, 1.82) is 0 Å². The molecule has 1 nitrogen and oxygen atoms in total. The van der Waals surface area contributed by atoms with Crippen molar-refractivity contribution in [3.63, 3.8) is 0 Å². The summed E-state index contributed by atoms with van der Waals surface area (Å²) in [7, 11) is 2.06. The van der Waals surface area contributed by atoms with Crippen LogP contribution in [-0.2, 0) is 12.8 Å². The van der Waals surface area contributed by atoms with E-state index >= 15 is 0 Å². The Balaban J connectivity index is 1.88. The van der Waals surface area contributed by atoms with Crippen LogP contribution in [0.2, 0.25) is 0 Å². The molecule has 0 bridgehead atoms. The highest BCUT2D eigenvalue weighted by Crippen LogP contribution is 2.41. The average molecular weight is 401 g/mol. The Hall–Kier alpha value is -0.160. The lowest BCUT2D eigenvalue weighted by atomic mass is 9.92.